The van der Waals surface area contributed by atoms with Crippen LogP contribution in [0.3, 0.4) is 0 Å². The molecule has 1 amide bonds. The number of ether oxygens (including phenoxy) is 3. The van der Waals surface area contributed by atoms with Gasteiger partial charge in [0.05, 0.1) is 16.1 Å². The van der Waals surface area contributed by atoms with Crippen LogP contribution in [0.1, 0.15) is 15.9 Å². The van der Waals surface area contributed by atoms with Crippen molar-refractivity contribution in [1.29, 1.82) is 0 Å². The van der Waals surface area contributed by atoms with E-state index in [0.717, 1.165) is 5.56 Å². The van der Waals surface area contributed by atoms with E-state index < -0.39 is 10.0 Å². The number of hydrogen-bond acceptors (Lipinski definition) is 6. The molecule has 0 unspecified atom stereocenters. The number of rotatable bonds is 3. The first-order chi connectivity index (χ1) is 14.9. The van der Waals surface area contributed by atoms with Gasteiger partial charge < -0.3 is 19.5 Å². The van der Waals surface area contributed by atoms with Gasteiger partial charge in [-0.15, -0.1) is 0 Å². The number of fused-ring (bicyclic) bond motifs is 3. The maximum absolute atomic E-state index is 12.9. The molecular weight excluding hydrogens is 420 g/mol. The minimum Gasteiger partial charge on any atom is -0.486 e. The summed E-state index contributed by atoms with van der Waals surface area (Å²) in [4.78, 5) is 12.8. The summed E-state index contributed by atoms with van der Waals surface area (Å²) in [5.74, 6) is 1.33. The smallest absolute Gasteiger partial charge is 0.262 e. The van der Waals surface area contributed by atoms with Crippen molar-refractivity contribution in [3.63, 3.8) is 0 Å². The lowest BCUT2D eigenvalue weighted by atomic mass is 10.1. The third-order valence-corrected chi connectivity index (χ3v) is 6.28. The normalized spacial score (nSPS) is 14.4. The van der Waals surface area contributed by atoms with Crippen LogP contribution in [0.2, 0.25) is 0 Å². The monoisotopic (exact) mass is 438 g/mol. The van der Waals surface area contributed by atoms with Crippen LogP contribution < -0.4 is 24.2 Å². The van der Waals surface area contributed by atoms with E-state index in [9.17, 15) is 13.2 Å². The van der Waals surface area contributed by atoms with Crippen molar-refractivity contribution < 1.29 is 27.4 Å². The summed E-state index contributed by atoms with van der Waals surface area (Å²) in [6.07, 6.45) is 0. The standard InChI is InChI=1S/C22H18N2O6S/c1-13-2-5-19-17(10-13)23-22(25)16-11-14(3-6-18(16)30-19)24-31(26,27)15-4-7-20-21(12-15)29-9-8-28-20/h2-7,10-12,24H,8-9H2,1H3,(H,23,25). The van der Waals surface area contributed by atoms with Gasteiger partial charge in [-0.2, -0.15) is 0 Å². The summed E-state index contributed by atoms with van der Waals surface area (Å²) in [7, 11) is -3.92. The van der Waals surface area contributed by atoms with Crippen molar-refractivity contribution in [2.24, 2.45) is 0 Å². The Bertz CT molecular complexity index is 1320. The van der Waals surface area contributed by atoms with Crippen LogP contribution in [0.15, 0.2) is 59.5 Å². The Kier molecular flexibility index (Phi) is 4.48. The third kappa shape index (κ3) is 3.64. The molecule has 9 heteroatoms. The lowest BCUT2D eigenvalue weighted by Gasteiger charge is -2.19. The zero-order valence-electron chi connectivity index (χ0n) is 16.5. The van der Waals surface area contributed by atoms with Gasteiger partial charge >= 0.3 is 0 Å². The van der Waals surface area contributed by atoms with E-state index in [-0.39, 0.29) is 22.1 Å². The van der Waals surface area contributed by atoms with Gasteiger partial charge in [-0.3, -0.25) is 9.52 Å². The van der Waals surface area contributed by atoms with Crippen molar-refractivity contribution >= 4 is 27.3 Å². The van der Waals surface area contributed by atoms with Gasteiger partial charge in [-0.25, -0.2) is 8.42 Å². The second-order valence-electron chi connectivity index (χ2n) is 7.18. The lowest BCUT2D eigenvalue weighted by Crippen LogP contribution is -2.17. The second kappa shape index (κ2) is 7.21. The predicted octanol–water partition coefficient (Wildman–Crippen LogP) is 3.93. The summed E-state index contributed by atoms with van der Waals surface area (Å²) in [5, 5.41) is 2.80. The highest BCUT2D eigenvalue weighted by molar-refractivity contribution is 7.92. The minimum absolute atomic E-state index is 0.0234. The fourth-order valence-corrected chi connectivity index (χ4v) is 4.47. The molecule has 0 aromatic heterocycles. The maximum Gasteiger partial charge on any atom is 0.262 e. The summed E-state index contributed by atoms with van der Waals surface area (Å²) in [5.41, 5.74) is 1.98. The molecule has 0 atom stereocenters. The molecule has 3 aromatic carbocycles. The first-order valence-corrected chi connectivity index (χ1v) is 11.0. The van der Waals surface area contributed by atoms with Crippen LogP contribution in [-0.4, -0.2) is 27.5 Å². The van der Waals surface area contributed by atoms with Gasteiger partial charge in [0, 0.05) is 11.8 Å². The van der Waals surface area contributed by atoms with E-state index in [4.69, 9.17) is 14.2 Å². The summed E-state index contributed by atoms with van der Waals surface area (Å²) >= 11 is 0. The van der Waals surface area contributed by atoms with Crippen LogP contribution in [0.25, 0.3) is 0 Å². The second-order valence-corrected chi connectivity index (χ2v) is 8.86. The van der Waals surface area contributed by atoms with Crippen molar-refractivity contribution in [2.45, 2.75) is 11.8 Å². The number of benzene rings is 3. The molecule has 8 nitrogen and oxygen atoms in total. The largest absolute Gasteiger partial charge is 0.486 e. The van der Waals surface area contributed by atoms with Crippen molar-refractivity contribution in [1.82, 2.24) is 0 Å². The Morgan fingerprint density at radius 1 is 0.871 bits per heavy atom. The molecule has 2 aliphatic heterocycles. The predicted molar refractivity (Wildman–Crippen MR) is 114 cm³/mol. The number of nitrogens with one attached hydrogen (secondary N) is 2. The fourth-order valence-electron chi connectivity index (χ4n) is 3.40. The Labute approximate surface area is 178 Å². The average Bonchev–Trinajstić information content (AvgIpc) is 2.88. The van der Waals surface area contributed by atoms with Crippen LogP contribution in [0.4, 0.5) is 11.4 Å². The van der Waals surface area contributed by atoms with Gasteiger partial charge in [-0.05, 0) is 55.0 Å². The highest BCUT2D eigenvalue weighted by atomic mass is 32.2. The van der Waals surface area contributed by atoms with Crippen LogP contribution in [0, 0.1) is 6.92 Å². The quantitative estimate of drug-likeness (QED) is 0.642. The zero-order chi connectivity index (χ0) is 21.6. The highest BCUT2D eigenvalue weighted by Gasteiger charge is 2.24. The Morgan fingerprint density at radius 2 is 1.61 bits per heavy atom. The Morgan fingerprint density at radius 3 is 2.45 bits per heavy atom. The van der Waals surface area contributed by atoms with Crippen LogP contribution >= 0.6 is 0 Å². The number of hydrogen-bond donors (Lipinski definition) is 2. The molecule has 2 heterocycles. The van der Waals surface area contributed by atoms with E-state index >= 15 is 0 Å². The number of carbonyl (C=O) groups excluding carboxylic acids is 1. The van der Waals surface area contributed by atoms with Gasteiger partial charge in [0.1, 0.15) is 19.0 Å². The summed E-state index contributed by atoms with van der Waals surface area (Å²) < 4.78 is 45.0. The van der Waals surface area contributed by atoms with E-state index in [0.29, 0.717) is 41.9 Å². The van der Waals surface area contributed by atoms with Gasteiger partial charge in [0.2, 0.25) is 0 Å². The Balaban J connectivity index is 1.44. The van der Waals surface area contributed by atoms with E-state index in [2.05, 4.69) is 10.0 Å². The molecule has 5 rings (SSSR count). The lowest BCUT2D eigenvalue weighted by molar-refractivity contribution is 0.102. The first-order valence-electron chi connectivity index (χ1n) is 9.55. The van der Waals surface area contributed by atoms with Gasteiger partial charge in [-0.1, -0.05) is 6.07 Å². The molecule has 0 spiro atoms. The minimum atomic E-state index is -3.92. The topological polar surface area (TPSA) is 103 Å². The third-order valence-electron chi connectivity index (χ3n) is 4.90. The number of aryl methyl sites for hydroxylation is 1. The van der Waals surface area contributed by atoms with E-state index in [1.165, 1.54) is 18.2 Å². The molecular formula is C22H18N2O6S. The Hall–Kier alpha value is -3.72. The summed E-state index contributed by atoms with van der Waals surface area (Å²) in [6.45, 7) is 2.68. The van der Waals surface area contributed by atoms with E-state index in [1.54, 1.807) is 24.3 Å². The molecule has 3 aromatic rings. The van der Waals surface area contributed by atoms with Crippen molar-refractivity contribution in [3.05, 3.63) is 65.7 Å². The van der Waals surface area contributed by atoms with Crippen molar-refractivity contribution in [2.75, 3.05) is 23.3 Å². The number of anilines is 2. The number of amides is 1. The van der Waals surface area contributed by atoms with E-state index in [1.807, 2.05) is 19.1 Å². The maximum atomic E-state index is 12.9. The molecule has 2 N–H and O–H groups in total. The molecule has 0 fully saturated rings. The molecule has 158 valence electrons. The number of carbonyl (C=O) groups is 1. The molecule has 0 bridgehead atoms. The van der Waals surface area contributed by atoms with Crippen LogP contribution in [-0.2, 0) is 10.0 Å². The molecule has 0 saturated carbocycles. The zero-order valence-corrected chi connectivity index (χ0v) is 17.3. The molecule has 31 heavy (non-hydrogen) atoms. The fraction of sp³-hybridized carbons (Fsp3) is 0.136. The molecule has 0 aliphatic carbocycles. The SMILES string of the molecule is Cc1ccc2c(c1)NC(=O)c1cc(NS(=O)(=O)c3ccc4c(c3)OCCO4)ccc1O2. The van der Waals surface area contributed by atoms with Crippen molar-refractivity contribution in [3.8, 4) is 23.0 Å². The number of sulfonamides is 1. The van der Waals surface area contributed by atoms with Crippen LogP contribution in [0.5, 0.6) is 23.0 Å². The van der Waals surface area contributed by atoms with Gasteiger partial charge in [0.25, 0.3) is 15.9 Å². The molecule has 2 aliphatic rings. The summed E-state index contributed by atoms with van der Waals surface area (Å²) in [6, 6.07) is 14.4. The van der Waals surface area contributed by atoms with Gasteiger partial charge in [0.15, 0.2) is 17.2 Å². The molecule has 0 radical (unpaired) electrons. The first kappa shape index (κ1) is 19.3. The highest BCUT2D eigenvalue weighted by Crippen LogP contribution is 2.38. The molecule has 0 saturated heterocycles. The average molecular weight is 438 g/mol.